The van der Waals surface area contributed by atoms with E-state index in [1.807, 2.05) is 0 Å². The Morgan fingerprint density at radius 3 is 2.37 bits per heavy atom. The van der Waals surface area contributed by atoms with Gasteiger partial charge in [0, 0.05) is 29.4 Å². The van der Waals surface area contributed by atoms with Crippen LogP contribution in [0.25, 0.3) is 11.3 Å². The molecule has 9 nitrogen and oxygen atoms in total. The fraction of sp³-hybridized carbons (Fsp3) is 0.0556. The fourth-order valence-corrected chi connectivity index (χ4v) is 2.25. The molecule has 1 heterocycles. The molecule has 0 spiro atoms. The van der Waals surface area contributed by atoms with E-state index in [0.717, 1.165) is 5.56 Å². The summed E-state index contributed by atoms with van der Waals surface area (Å²) in [5.74, 6) is 0. The predicted octanol–water partition coefficient (Wildman–Crippen LogP) is 3.09. The molecule has 2 N–H and O–H groups in total. The molecule has 0 bridgehead atoms. The van der Waals surface area contributed by atoms with Gasteiger partial charge in [-0.15, -0.1) is 0 Å². The lowest BCUT2D eigenvalue weighted by Crippen LogP contribution is -2.13. The van der Waals surface area contributed by atoms with E-state index in [4.69, 9.17) is 4.74 Å². The number of carbonyl (C=O) groups excluding carboxylic acids is 1. The van der Waals surface area contributed by atoms with Crippen molar-refractivity contribution in [2.24, 2.45) is 0 Å². The maximum absolute atomic E-state index is 11.9. The summed E-state index contributed by atoms with van der Waals surface area (Å²) in [6.07, 6.45) is -0.650. The van der Waals surface area contributed by atoms with Crippen LogP contribution in [0.5, 0.6) is 0 Å². The van der Waals surface area contributed by atoms with Gasteiger partial charge in [-0.25, -0.2) is 9.89 Å². The van der Waals surface area contributed by atoms with Crippen molar-refractivity contribution in [1.29, 1.82) is 0 Å². The molecule has 0 radical (unpaired) electrons. The normalized spacial score (nSPS) is 10.2. The minimum absolute atomic E-state index is 0.0107. The number of aromatic nitrogens is 2. The van der Waals surface area contributed by atoms with Crippen LogP contribution in [0.15, 0.2) is 65.5 Å². The number of hydrogen-bond acceptors (Lipinski definition) is 6. The van der Waals surface area contributed by atoms with Crippen LogP contribution in [0.2, 0.25) is 0 Å². The van der Waals surface area contributed by atoms with E-state index in [9.17, 15) is 19.7 Å². The first-order valence-corrected chi connectivity index (χ1v) is 7.84. The molecular formula is C18H14N4O5. The third-order valence-corrected chi connectivity index (χ3v) is 3.62. The minimum atomic E-state index is -0.650. The third-order valence-electron chi connectivity index (χ3n) is 3.62. The van der Waals surface area contributed by atoms with Crippen molar-refractivity contribution in [3.8, 4) is 11.3 Å². The topological polar surface area (TPSA) is 127 Å². The lowest BCUT2D eigenvalue weighted by Gasteiger charge is -2.08. The van der Waals surface area contributed by atoms with Gasteiger partial charge in [0.05, 0.1) is 10.6 Å². The van der Waals surface area contributed by atoms with Crippen molar-refractivity contribution in [3.05, 3.63) is 86.7 Å². The Bertz CT molecular complexity index is 993. The van der Waals surface area contributed by atoms with Gasteiger partial charge >= 0.3 is 6.09 Å². The van der Waals surface area contributed by atoms with Gasteiger partial charge in [0.15, 0.2) is 0 Å². The smallest absolute Gasteiger partial charge is 0.411 e. The lowest BCUT2D eigenvalue weighted by atomic mass is 10.1. The Hall–Kier alpha value is -4.01. The molecular weight excluding hydrogens is 352 g/mol. The summed E-state index contributed by atoms with van der Waals surface area (Å²) in [4.78, 5) is 33.0. The summed E-state index contributed by atoms with van der Waals surface area (Å²) in [5.41, 5.74) is 2.22. The van der Waals surface area contributed by atoms with Crippen molar-refractivity contribution in [1.82, 2.24) is 10.2 Å². The van der Waals surface area contributed by atoms with E-state index in [2.05, 4.69) is 15.5 Å². The molecule has 0 unspecified atom stereocenters. The SMILES string of the molecule is O=C(Nc1ccc(-c2ccc(=O)[nH]n2)cc1)OCc1ccc([N+](=O)[O-])cc1. The lowest BCUT2D eigenvalue weighted by molar-refractivity contribution is -0.384. The summed E-state index contributed by atoms with van der Waals surface area (Å²) in [5, 5.41) is 19.5. The van der Waals surface area contributed by atoms with Gasteiger partial charge in [-0.2, -0.15) is 5.10 Å². The summed E-state index contributed by atoms with van der Waals surface area (Å²) in [6.45, 7) is -0.0107. The Kier molecular flexibility index (Phi) is 5.22. The molecule has 3 rings (SSSR count). The second kappa shape index (κ2) is 7.91. The van der Waals surface area contributed by atoms with Crippen molar-refractivity contribution >= 4 is 17.5 Å². The van der Waals surface area contributed by atoms with E-state index >= 15 is 0 Å². The first kappa shape index (κ1) is 17.8. The Morgan fingerprint density at radius 2 is 1.78 bits per heavy atom. The van der Waals surface area contributed by atoms with Crippen LogP contribution in [0.3, 0.4) is 0 Å². The van der Waals surface area contributed by atoms with Gasteiger partial charge in [0.1, 0.15) is 6.61 Å². The highest BCUT2D eigenvalue weighted by atomic mass is 16.6. The Balaban J connectivity index is 1.55. The van der Waals surface area contributed by atoms with E-state index < -0.39 is 11.0 Å². The van der Waals surface area contributed by atoms with Crippen LogP contribution in [-0.4, -0.2) is 21.2 Å². The highest BCUT2D eigenvalue weighted by Gasteiger charge is 2.07. The number of anilines is 1. The molecule has 1 amide bonds. The number of nitrogens with one attached hydrogen (secondary N) is 2. The molecule has 1 aromatic heterocycles. The quantitative estimate of drug-likeness (QED) is 0.527. The van der Waals surface area contributed by atoms with Crippen LogP contribution < -0.4 is 10.9 Å². The number of benzene rings is 2. The van der Waals surface area contributed by atoms with E-state index in [0.29, 0.717) is 16.9 Å². The number of rotatable bonds is 5. The number of carbonyl (C=O) groups is 1. The number of hydrogen-bond donors (Lipinski definition) is 2. The number of ether oxygens (including phenoxy) is 1. The molecule has 2 aromatic carbocycles. The number of nitro benzene ring substituents is 1. The van der Waals surface area contributed by atoms with Gasteiger partial charge in [0.2, 0.25) is 0 Å². The number of nitrogens with zero attached hydrogens (tertiary/aromatic N) is 2. The second-order valence-electron chi connectivity index (χ2n) is 5.51. The Labute approximate surface area is 152 Å². The zero-order valence-corrected chi connectivity index (χ0v) is 13.9. The highest BCUT2D eigenvalue weighted by molar-refractivity contribution is 5.85. The molecule has 9 heteroatoms. The zero-order chi connectivity index (χ0) is 19.2. The average Bonchev–Trinajstić information content (AvgIpc) is 2.68. The summed E-state index contributed by atoms with van der Waals surface area (Å²) < 4.78 is 5.09. The molecule has 0 fully saturated rings. The maximum Gasteiger partial charge on any atom is 0.411 e. The molecule has 0 saturated carbocycles. The number of non-ortho nitro benzene ring substituents is 1. The summed E-state index contributed by atoms with van der Waals surface area (Å²) >= 11 is 0. The van der Waals surface area contributed by atoms with Crippen LogP contribution in [0.4, 0.5) is 16.2 Å². The number of H-pyrrole nitrogens is 1. The standard InChI is InChI=1S/C18H14N4O5/c23-17-10-9-16(20-21-17)13-3-5-14(6-4-13)19-18(24)27-11-12-1-7-15(8-2-12)22(25)26/h1-10H,11H2,(H,19,24)(H,21,23). The maximum atomic E-state index is 11.9. The number of aromatic amines is 1. The zero-order valence-electron chi connectivity index (χ0n) is 13.9. The average molecular weight is 366 g/mol. The third kappa shape index (κ3) is 4.75. The summed E-state index contributed by atoms with van der Waals surface area (Å²) in [6, 6.07) is 15.6. The van der Waals surface area contributed by atoms with Gasteiger partial charge in [-0.05, 0) is 35.9 Å². The fourth-order valence-electron chi connectivity index (χ4n) is 2.25. The van der Waals surface area contributed by atoms with Crippen molar-refractivity contribution in [3.63, 3.8) is 0 Å². The van der Waals surface area contributed by atoms with E-state index in [1.54, 1.807) is 30.3 Å². The molecule has 3 aromatic rings. The molecule has 136 valence electrons. The van der Waals surface area contributed by atoms with Gasteiger partial charge in [-0.3, -0.25) is 20.2 Å². The van der Waals surface area contributed by atoms with Gasteiger partial charge in [-0.1, -0.05) is 12.1 Å². The van der Waals surface area contributed by atoms with Crippen molar-refractivity contribution in [2.75, 3.05) is 5.32 Å². The monoisotopic (exact) mass is 366 g/mol. The Morgan fingerprint density at radius 1 is 1.07 bits per heavy atom. The molecule has 27 heavy (non-hydrogen) atoms. The predicted molar refractivity (Wildman–Crippen MR) is 97.2 cm³/mol. The van der Waals surface area contributed by atoms with Gasteiger partial charge in [0.25, 0.3) is 11.2 Å². The van der Waals surface area contributed by atoms with Crippen LogP contribution >= 0.6 is 0 Å². The minimum Gasteiger partial charge on any atom is -0.444 e. The van der Waals surface area contributed by atoms with Crippen LogP contribution in [0.1, 0.15) is 5.56 Å². The number of amides is 1. The molecule has 0 atom stereocenters. The molecule has 0 saturated heterocycles. The summed E-state index contributed by atoms with van der Waals surface area (Å²) in [7, 11) is 0. The highest BCUT2D eigenvalue weighted by Crippen LogP contribution is 2.18. The van der Waals surface area contributed by atoms with Crippen LogP contribution in [0, 0.1) is 10.1 Å². The largest absolute Gasteiger partial charge is 0.444 e. The molecule has 0 aliphatic rings. The molecule has 0 aliphatic heterocycles. The van der Waals surface area contributed by atoms with E-state index in [-0.39, 0.29) is 17.9 Å². The van der Waals surface area contributed by atoms with Crippen molar-refractivity contribution in [2.45, 2.75) is 6.61 Å². The molecule has 0 aliphatic carbocycles. The number of nitro groups is 1. The van der Waals surface area contributed by atoms with Crippen molar-refractivity contribution < 1.29 is 14.5 Å². The van der Waals surface area contributed by atoms with Gasteiger partial charge < -0.3 is 4.74 Å². The first-order valence-electron chi connectivity index (χ1n) is 7.84. The van der Waals surface area contributed by atoms with E-state index in [1.165, 1.54) is 30.3 Å². The first-order chi connectivity index (χ1) is 13.0. The second-order valence-corrected chi connectivity index (χ2v) is 5.51. The van der Waals surface area contributed by atoms with Crippen LogP contribution in [-0.2, 0) is 11.3 Å².